The molecule has 0 bridgehead atoms. The molecule has 1 atom stereocenters. The number of hydrogen-bond donors (Lipinski definition) is 0. The van der Waals surface area contributed by atoms with Crippen LogP contribution in [0.25, 0.3) is 0 Å². The van der Waals surface area contributed by atoms with Crippen LogP contribution in [0, 0.1) is 10.1 Å². The zero-order valence-electron chi connectivity index (χ0n) is 8.25. The summed E-state index contributed by atoms with van der Waals surface area (Å²) in [7, 11) is 0. The number of nitro groups is 1. The summed E-state index contributed by atoms with van der Waals surface area (Å²) in [4.78, 5) is 11.9. The Balaban J connectivity index is 2.06. The lowest BCUT2D eigenvalue weighted by Gasteiger charge is -2.24. The first-order chi connectivity index (χ1) is 7.66. The fourth-order valence-electron chi connectivity index (χ4n) is 1.38. The van der Waals surface area contributed by atoms with Crippen LogP contribution in [-0.4, -0.2) is 14.8 Å². The maximum absolute atomic E-state index is 10.4. The van der Waals surface area contributed by atoms with Crippen molar-refractivity contribution < 1.29 is 9.34 Å². The Hall–Kier alpha value is -1.56. The second-order valence-electron chi connectivity index (χ2n) is 3.27. The summed E-state index contributed by atoms with van der Waals surface area (Å²) in [6.07, 6.45) is 7.70. The lowest BCUT2D eigenvalue weighted by atomic mass is 10.3. The number of rotatable bonds is 3. The number of allylic oxidation sites excluding steroid dienone is 2. The van der Waals surface area contributed by atoms with Gasteiger partial charge in [-0.2, -0.15) is 0 Å². The van der Waals surface area contributed by atoms with Gasteiger partial charge in [0, 0.05) is 6.20 Å². The fraction of sp³-hybridized carbons (Fsp3) is 0.200. The molecular weight excluding hydrogens is 276 g/mol. The Bertz CT molecular complexity index is 453. The summed E-state index contributed by atoms with van der Waals surface area (Å²) in [6.45, 7) is 0.491. The molecule has 0 N–H and O–H groups in total. The van der Waals surface area contributed by atoms with Gasteiger partial charge in [-0.3, -0.25) is 10.1 Å². The van der Waals surface area contributed by atoms with Crippen molar-refractivity contribution in [2.75, 3.05) is 0 Å². The molecule has 5 nitrogen and oxygen atoms in total. The van der Waals surface area contributed by atoms with Crippen LogP contribution in [0.4, 0.5) is 5.88 Å². The summed E-state index contributed by atoms with van der Waals surface area (Å²) in [6, 6.07) is 2.98. The molecule has 16 heavy (non-hydrogen) atoms. The van der Waals surface area contributed by atoms with Gasteiger partial charge in [-0.25, -0.2) is 0 Å². The van der Waals surface area contributed by atoms with Gasteiger partial charge in [0.15, 0.2) is 0 Å². The average molecular weight is 285 g/mol. The minimum absolute atomic E-state index is 0.0849. The van der Waals surface area contributed by atoms with Crippen molar-refractivity contribution in [3.8, 4) is 0 Å². The maximum atomic E-state index is 10.4. The summed E-state index contributed by atoms with van der Waals surface area (Å²) in [5.74, 6) is 0.341. The Kier molecular flexibility index (Phi) is 3.09. The molecule has 0 saturated heterocycles. The molecule has 0 radical (unpaired) electrons. The zero-order chi connectivity index (χ0) is 11.5. The van der Waals surface area contributed by atoms with Crippen molar-refractivity contribution >= 4 is 21.8 Å². The quantitative estimate of drug-likeness (QED) is 0.371. The van der Waals surface area contributed by atoms with E-state index in [1.165, 1.54) is 6.07 Å². The van der Waals surface area contributed by atoms with Crippen LogP contribution in [0.15, 0.2) is 41.0 Å². The van der Waals surface area contributed by atoms with Crippen LogP contribution in [0.2, 0.25) is 0 Å². The molecule has 0 aromatic carbocycles. The number of hydrogen-bond acceptors (Lipinski definition) is 4. The third kappa shape index (κ3) is 2.33. The Labute approximate surface area is 100 Å². The van der Waals surface area contributed by atoms with Crippen LogP contribution in [0.5, 0.6) is 0 Å². The lowest BCUT2D eigenvalue weighted by molar-refractivity contribution is -0.402. The molecule has 0 spiro atoms. The molecule has 1 aliphatic rings. The first kappa shape index (κ1) is 10.9. The van der Waals surface area contributed by atoms with Crippen molar-refractivity contribution in [3.63, 3.8) is 0 Å². The average Bonchev–Trinajstić information content (AvgIpc) is 2.70. The first-order valence-corrected chi connectivity index (χ1v) is 5.56. The molecule has 2 heterocycles. The van der Waals surface area contributed by atoms with E-state index in [2.05, 4.69) is 15.9 Å². The van der Waals surface area contributed by atoms with E-state index in [4.69, 9.17) is 4.42 Å². The third-order valence-electron chi connectivity index (χ3n) is 2.14. The molecule has 6 heteroatoms. The van der Waals surface area contributed by atoms with Crippen molar-refractivity contribution in [3.05, 3.63) is 52.4 Å². The number of alkyl halides is 1. The van der Waals surface area contributed by atoms with Gasteiger partial charge >= 0.3 is 5.88 Å². The highest BCUT2D eigenvalue weighted by Gasteiger charge is 2.16. The first-order valence-electron chi connectivity index (χ1n) is 4.65. The molecule has 2 rings (SSSR count). The molecule has 1 aromatic heterocycles. The highest BCUT2D eigenvalue weighted by atomic mass is 79.9. The van der Waals surface area contributed by atoms with Gasteiger partial charge in [0.1, 0.15) is 15.6 Å². The van der Waals surface area contributed by atoms with Crippen LogP contribution < -0.4 is 0 Å². The zero-order valence-corrected chi connectivity index (χ0v) is 9.83. The Morgan fingerprint density at radius 1 is 1.50 bits per heavy atom. The van der Waals surface area contributed by atoms with Crippen molar-refractivity contribution in [1.29, 1.82) is 0 Å². The van der Waals surface area contributed by atoms with E-state index in [1.54, 1.807) is 6.07 Å². The summed E-state index contributed by atoms with van der Waals surface area (Å²) in [5, 5.41) is 10.4. The van der Waals surface area contributed by atoms with E-state index in [9.17, 15) is 10.1 Å². The maximum Gasteiger partial charge on any atom is 0.433 e. The summed E-state index contributed by atoms with van der Waals surface area (Å²) >= 11 is 3.46. The fourth-order valence-corrected chi connectivity index (χ4v) is 1.84. The minimum Gasteiger partial charge on any atom is -0.404 e. The standard InChI is InChI=1S/C10H9BrN2O3/c11-9-3-1-2-6-12(9)7-8-4-5-10(16-8)13(14)15/h1-6,9H,7H2. The van der Waals surface area contributed by atoms with E-state index in [0.717, 1.165) is 0 Å². The smallest absolute Gasteiger partial charge is 0.404 e. The number of halogens is 1. The van der Waals surface area contributed by atoms with Gasteiger partial charge in [-0.05, 0) is 12.1 Å². The van der Waals surface area contributed by atoms with Gasteiger partial charge in [-0.15, -0.1) is 0 Å². The van der Waals surface area contributed by atoms with E-state index in [1.807, 2.05) is 29.3 Å². The molecular formula is C10H9BrN2O3. The molecule has 0 aliphatic carbocycles. The van der Waals surface area contributed by atoms with Gasteiger partial charge in [0.05, 0.1) is 12.6 Å². The molecule has 84 valence electrons. The van der Waals surface area contributed by atoms with Crippen molar-refractivity contribution in [2.45, 2.75) is 11.5 Å². The monoisotopic (exact) mass is 284 g/mol. The summed E-state index contributed by atoms with van der Waals surface area (Å²) in [5.41, 5.74) is 0. The Morgan fingerprint density at radius 3 is 2.94 bits per heavy atom. The van der Waals surface area contributed by atoms with Crippen molar-refractivity contribution in [2.24, 2.45) is 0 Å². The molecule has 0 fully saturated rings. The van der Waals surface area contributed by atoms with Gasteiger partial charge in [-0.1, -0.05) is 28.1 Å². The van der Waals surface area contributed by atoms with E-state index < -0.39 is 4.92 Å². The number of furan rings is 1. The molecule has 0 amide bonds. The van der Waals surface area contributed by atoms with E-state index >= 15 is 0 Å². The van der Waals surface area contributed by atoms with Gasteiger partial charge in [0.25, 0.3) is 0 Å². The predicted octanol–water partition coefficient (Wildman–Crippen LogP) is 2.79. The van der Waals surface area contributed by atoms with Crippen LogP contribution >= 0.6 is 15.9 Å². The third-order valence-corrected chi connectivity index (χ3v) is 2.97. The molecule has 1 aromatic rings. The lowest BCUT2D eigenvalue weighted by Crippen LogP contribution is -2.24. The molecule has 1 aliphatic heterocycles. The van der Waals surface area contributed by atoms with Crippen molar-refractivity contribution in [1.82, 2.24) is 4.90 Å². The second kappa shape index (κ2) is 4.52. The van der Waals surface area contributed by atoms with Gasteiger partial charge < -0.3 is 9.32 Å². The Morgan fingerprint density at radius 2 is 2.31 bits per heavy atom. The predicted molar refractivity (Wildman–Crippen MR) is 61.9 cm³/mol. The second-order valence-corrected chi connectivity index (χ2v) is 4.21. The minimum atomic E-state index is -0.541. The van der Waals surface area contributed by atoms with Crippen LogP contribution in [0.3, 0.4) is 0 Å². The number of nitrogens with zero attached hydrogens (tertiary/aromatic N) is 2. The van der Waals surface area contributed by atoms with E-state index in [-0.39, 0.29) is 10.8 Å². The topological polar surface area (TPSA) is 59.5 Å². The molecule has 1 unspecified atom stereocenters. The normalized spacial score (nSPS) is 19.1. The largest absolute Gasteiger partial charge is 0.433 e. The summed E-state index contributed by atoms with van der Waals surface area (Å²) < 4.78 is 5.08. The SMILES string of the molecule is O=[N+]([O-])c1ccc(CN2C=CC=CC2Br)o1. The highest BCUT2D eigenvalue weighted by molar-refractivity contribution is 9.09. The van der Waals surface area contributed by atoms with E-state index in [0.29, 0.717) is 12.3 Å². The van der Waals surface area contributed by atoms with Crippen LogP contribution in [-0.2, 0) is 6.54 Å². The highest BCUT2D eigenvalue weighted by Crippen LogP contribution is 2.21. The van der Waals surface area contributed by atoms with Crippen LogP contribution in [0.1, 0.15) is 5.76 Å². The van der Waals surface area contributed by atoms with Gasteiger partial charge in [0.2, 0.25) is 0 Å². The molecule has 0 saturated carbocycles.